The minimum Gasteiger partial charge on any atom is -0.458 e. The first-order valence-electron chi connectivity index (χ1n) is 9.17. The molecule has 0 heterocycles. The molecule has 0 aliphatic carbocycles. The summed E-state index contributed by atoms with van der Waals surface area (Å²) >= 11 is 0. The van der Waals surface area contributed by atoms with E-state index in [9.17, 15) is 14.4 Å². The van der Waals surface area contributed by atoms with Crippen LogP contribution in [0.3, 0.4) is 0 Å². The van der Waals surface area contributed by atoms with Crippen molar-refractivity contribution in [3.05, 3.63) is 0 Å². The number of rotatable bonds is 9. The maximum Gasteiger partial charge on any atom is 0.408 e. The van der Waals surface area contributed by atoms with Gasteiger partial charge in [-0.25, -0.2) is 14.4 Å². The van der Waals surface area contributed by atoms with Gasteiger partial charge in [0.05, 0.1) is 0 Å². The molecule has 0 aromatic carbocycles. The molecule has 0 bridgehead atoms. The Hall–Kier alpha value is -2.03. The zero-order valence-electron chi connectivity index (χ0n) is 17.3. The number of nitrogens with two attached hydrogens (primary N) is 1. The minimum absolute atomic E-state index is 0.159. The number of amides is 2. The molecule has 1 atom stereocenters. The topological polar surface area (TPSA) is 129 Å². The van der Waals surface area contributed by atoms with Crippen LogP contribution in [0.2, 0.25) is 0 Å². The molecule has 9 heteroatoms. The van der Waals surface area contributed by atoms with Gasteiger partial charge in [-0.15, -0.1) is 0 Å². The fourth-order valence-electron chi connectivity index (χ4n) is 1.94. The molecular formula is C18H35N3O6. The number of unbranched alkanes of at least 4 members (excludes halogenated alkanes) is 1. The first kappa shape index (κ1) is 25.0. The summed E-state index contributed by atoms with van der Waals surface area (Å²) in [6.07, 6.45) is 0.329. The van der Waals surface area contributed by atoms with Crippen LogP contribution in [0.15, 0.2) is 0 Å². The molecule has 4 N–H and O–H groups in total. The van der Waals surface area contributed by atoms with Crippen molar-refractivity contribution in [1.82, 2.24) is 10.6 Å². The molecular weight excluding hydrogens is 354 g/mol. The highest BCUT2D eigenvalue weighted by Crippen LogP contribution is 2.13. The van der Waals surface area contributed by atoms with Crippen molar-refractivity contribution in [2.45, 2.75) is 78.0 Å². The van der Waals surface area contributed by atoms with Crippen LogP contribution in [-0.4, -0.2) is 55.1 Å². The molecule has 0 aromatic heterocycles. The molecule has 158 valence electrons. The Morgan fingerprint density at radius 2 is 1.52 bits per heavy atom. The Labute approximate surface area is 161 Å². The van der Waals surface area contributed by atoms with E-state index in [-0.39, 0.29) is 13.2 Å². The summed E-state index contributed by atoms with van der Waals surface area (Å²) in [5.74, 6) is -0.524. The molecule has 0 rings (SSSR count). The molecule has 1 unspecified atom stereocenters. The Bertz CT molecular complexity index is 482. The zero-order chi connectivity index (χ0) is 21.1. The third kappa shape index (κ3) is 14.8. The Morgan fingerprint density at radius 1 is 0.926 bits per heavy atom. The number of carbonyl (C=O) groups excluding carboxylic acids is 3. The zero-order valence-corrected chi connectivity index (χ0v) is 17.3. The summed E-state index contributed by atoms with van der Waals surface area (Å²) in [5, 5.41) is 5.15. The average molecular weight is 389 g/mol. The van der Waals surface area contributed by atoms with Crippen molar-refractivity contribution in [3.63, 3.8) is 0 Å². The normalized spacial score (nSPS) is 12.7. The van der Waals surface area contributed by atoms with Crippen molar-refractivity contribution in [1.29, 1.82) is 0 Å². The smallest absolute Gasteiger partial charge is 0.408 e. The van der Waals surface area contributed by atoms with Gasteiger partial charge in [-0.05, 0) is 60.8 Å². The van der Waals surface area contributed by atoms with Crippen molar-refractivity contribution >= 4 is 18.2 Å². The standard InChI is InChI=1S/C18H35N3O6/c1-17(2,3)26-14(22)13(21-16(24)27-18(4,5)6)9-7-8-11-20-15(23)25-12-10-19/h13H,7-12,19H2,1-6H3,(H,20,23)(H,21,24). The lowest BCUT2D eigenvalue weighted by Crippen LogP contribution is -2.46. The highest BCUT2D eigenvalue weighted by molar-refractivity contribution is 5.81. The summed E-state index contributed by atoms with van der Waals surface area (Å²) in [6.45, 7) is 11.3. The van der Waals surface area contributed by atoms with E-state index < -0.39 is 35.4 Å². The molecule has 2 amide bonds. The molecule has 0 saturated carbocycles. The molecule has 0 saturated heterocycles. The van der Waals surface area contributed by atoms with Gasteiger partial charge in [0, 0.05) is 13.1 Å². The van der Waals surface area contributed by atoms with Gasteiger partial charge in [0.1, 0.15) is 23.9 Å². The number of carbonyl (C=O) groups is 3. The third-order valence-corrected chi connectivity index (χ3v) is 2.92. The van der Waals surface area contributed by atoms with Gasteiger partial charge < -0.3 is 30.6 Å². The molecule has 27 heavy (non-hydrogen) atoms. The Morgan fingerprint density at radius 3 is 2.04 bits per heavy atom. The van der Waals surface area contributed by atoms with Gasteiger partial charge in [-0.1, -0.05) is 0 Å². The molecule has 0 aliphatic rings. The van der Waals surface area contributed by atoms with Crippen LogP contribution in [0.4, 0.5) is 9.59 Å². The molecule has 0 radical (unpaired) electrons. The number of ether oxygens (including phenoxy) is 3. The summed E-state index contributed by atoms with van der Waals surface area (Å²) in [6, 6.07) is -0.830. The van der Waals surface area contributed by atoms with Gasteiger partial charge in [-0.3, -0.25) is 0 Å². The molecule has 0 fully saturated rings. The van der Waals surface area contributed by atoms with E-state index in [2.05, 4.69) is 10.6 Å². The third-order valence-electron chi connectivity index (χ3n) is 2.92. The van der Waals surface area contributed by atoms with E-state index in [4.69, 9.17) is 19.9 Å². The van der Waals surface area contributed by atoms with Crippen LogP contribution in [0.5, 0.6) is 0 Å². The van der Waals surface area contributed by atoms with Crippen LogP contribution in [-0.2, 0) is 19.0 Å². The highest BCUT2D eigenvalue weighted by Gasteiger charge is 2.28. The second kappa shape index (κ2) is 11.6. The van der Waals surface area contributed by atoms with Crippen molar-refractivity contribution in [2.24, 2.45) is 5.73 Å². The van der Waals surface area contributed by atoms with E-state index in [0.717, 1.165) is 0 Å². The fraction of sp³-hybridized carbons (Fsp3) is 0.833. The molecule has 0 spiro atoms. The van der Waals surface area contributed by atoms with Crippen molar-refractivity contribution < 1.29 is 28.6 Å². The number of nitrogens with one attached hydrogen (secondary N) is 2. The largest absolute Gasteiger partial charge is 0.458 e. The SMILES string of the molecule is CC(C)(C)OC(=O)NC(CCCCNC(=O)OCCN)C(=O)OC(C)(C)C. The number of hydrogen-bond acceptors (Lipinski definition) is 7. The second-order valence-corrected chi connectivity index (χ2v) is 8.08. The maximum atomic E-state index is 12.4. The van der Waals surface area contributed by atoms with Gasteiger partial charge in [0.25, 0.3) is 0 Å². The highest BCUT2D eigenvalue weighted by atomic mass is 16.6. The average Bonchev–Trinajstić information content (AvgIpc) is 2.47. The quantitative estimate of drug-likeness (QED) is 0.313. The van der Waals surface area contributed by atoms with Gasteiger partial charge >= 0.3 is 18.2 Å². The lowest BCUT2D eigenvalue weighted by atomic mass is 10.1. The predicted molar refractivity (Wildman–Crippen MR) is 101 cm³/mol. The van der Waals surface area contributed by atoms with E-state index in [1.807, 2.05) is 0 Å². The van der Waals surface area contributed by atoms with E-state index in [0.29, 0.717) is 25.8 Å². The summed E-state index contributed by atoms with van der Waals surface area (Å²) in [5.41, 5.74) is 3.91. The molecule has 0 aliphatic heterocycles. The lowest BCUT2D eigenvalue weighted by Gasteiger charge is -2.26. The lowest BCUT2D eigenvalue weighted by molar-refractivity contribution is -0.157. The minimum atomic E-state index is -0.830. The van der Waals surface area contributed by atoms with Crippen LogP contribution in [0.1, 0.15) is 60.8 Å². The number of hydrogen-bond donors (Lipinski definition) is 3. The van der Waals surface area contributed by atoms with Gasteiger partial charge in [0.15, 0.2) is 0 Å². The number of esters is 1. The monoisotopic (exact) mass is 389 g/mol. The van der Waals surface area contributed by atoms with Crippen molar-refractivity contribution in [3.8, 4) is 0 Å². The second-order valence-electron chi connectivity index (χ2n) is 8.08. The van der Waals surface area contributed by atoms with Crippen molar-refractivity contribution in [2.75, 3.05) is 19.7 Å². The van der Waals surface area contributed by atoms with Crippen LogP contribution in [0, 0.1) is 0 Å². The van der Waals surface area contributed by atoms with E-state index in [1.165, 1.54) is 0 Å². The number of alkyl carbamates (subject to hydrolysis) is 2. The van der Waals surface area contributed by atoms with Gasteiger partial charge in [0.2, 0.25) is 0 Å². The fourth-order valence-corrected chi connectivity index (χ4v) is 1.94. The summed E-state index contributed by atoms with van der Waals surface area (Å²) in [7, 11) is 0. The maximum absolute atomic E-state index is 12.4. The van der Waals surface area contributed by atoms with E-state index in [1.54, 1.807) is 41.5 Å². The molecule has 9 nitrogen and oxygen atoms in total. The summed E-state index contributed by atoms with van der Waals surface area (Å²) < 4.78 is 15.4. The van der Waals surface area contributed by atoms with Crippen LogP contribution >= 0.6 is 0 Å². The Balaban J connectivity index is 4.52. The van der Waals surface area contributed by atoms with Crippen LogP contribution in [0.25, 0.3) is 0 Å². The van der Waals surface area contributed by atoms with Gasteiger partial charge in [-0.2, -0.15) is 0 Å². The summed E-state index contributed by atoms with van der Waals surface area (Å²) in [4.78, 5) is 35.7. The van der Waals surface area contributed by atoms with E-state index >= 15 is 0 Å². The first-order valence-corrected chi connectivity index (χ1v) is 9.17. The molecule has 0 aromatic rings. The Kier molecular flexibility index (Phi) is 10.8. The predicted octanol–water partition coefficient (Wildman–Crippen LogP) is 2.08. The van der Waals surface area contributed by atoms with Crippen LogP contribution < -0.4 is 16.4 Å². The first-order chi connectivity index (χ1) is 12.3.